The van der Waals surface area contributed by atoms with Crippen LogP contribution < -0.4 is 10.6 Å². The first kappa shape index (κ1) is 26.2. The van der Waals surface area contributed by atoms with Crippen molar-refractivity contribution in [3.05, 3.63) is 90.4 Å². The minimum absolute atomic E-state index is 0.168. The third-order valence-electron chi connectivity index (χ3n) is 6.35. The van der Waals surface area contributed by atoms with E-state index in [4.69, 9.17) is 4.52 Å². The number of anilines is 1. The highest BCUT2D eigenvalue weighted by Crippen LogP contribution is 2.27. The van der Waals surface area contributed by atoms with Gasteiger partial charge in [0.05, 0.1) is 22.5 Å². The van der Waals surface area contributed by atoms with Gasteiger partial charge in [-0.2, -0.15) is 0 Å². The number of urea groups is 1. The molecule has 0 bridgehead atoms. The van der Waals surface area contributed by atoms with Crippen LogP contribution in [0.1, 0.15) is 32.0 Å². The lowest BCUT2D eigenvalue weighted by molar-refractivity contribution is 0.251. The van der Waals surface area contributed by atoms with E-state index >= 15 is 0 Å². The summed E-state index contributed by atoms with van der Waals surface area (Å²) in [6, 6.07) is 20.0. The molecule has 2 aromatic carbocycles. The van der Waals surface area contributed by atoms with Crippen LogP contribution in [0.3, 0.4) is 0 Å². The van der Waals surface area contributed by atoms with E-state index in [1.807, 2.05) is 74.0 Å². The fraction of sp³-hybridized carbons (Fsp3) is 0.207. The second-order valence-electron chi connectivity index (χ2n) is 10.4. The number of fused-ring (bicyclic) bond motifs is 1. The van der Waals surface area contributed by atoms with Gasteiger partial charge in [-0.15, -0.1) is 0 Å². The highest BCUT2D eigenvalue weighted by Gasteiger charge is 2.19. The van der Waals surface area contributed by atoms with Gasteiger partial charge in [-0.05, 0) is 41.0 Å². The Morgan fingerprint density at radius 1 is 0.949 bits per heavy atom. The number of benzene rings is 2. The van der Waals surface area contributed by atoms with Gasteiger partial charge < -0.3 is 9.84 Å². The van der Waals surface area contributed by atoms with Crippen molar-refractivity contribution < 1.29 is 17.7 Å². The van der Waals surface area contributed by atoms with E-state index in [0.717, 1.165) is 39.3 Å². The Bertz CT molecular complexity index is 1750. The van der Waals surface area contributed by atoms with E-state index in [2.05, 4.69) is 20.8 Å². The molecule has 0 spiro atoms. The zero-order valence-corrected chi connectivity index (χ0v) is 22.9. The van der Waals surface area contributed by atoms with E-state index in [1.165, 1.54) is 6.26 Å². The molecule has 0 saturated heterocycles. The fourth-order valence-electron chi connectivity index (χ4n) is 4.09. The first-order valence-electron chi connectivity index (χ1n) is 12.4. The van der Waals surface area contributed by atoms with Gasteiger partial charge in [0.1, 0.15) is 5.65 Å². The van der Waals surface area contributed by atoms with Gasteiger partial charge in [0, 0.05) is 36.0 Å². The zero-order valence-electron chi connectivity index (χ0n) is 22.1. The Hall–Kier alpha value is -4.44. The highest BCUT2D eigenvalue weighted by atomic mass is 32.2. The van der Waals surface area contributed by atoms with Crippen molar-refractivity contribution in [2.24, 2.45) is 0 Å². The lowest BCUT2D eigenvalue weighted by Crippen LogP contribution is -2.28. The predicted molar refractivity (Wildman–Crippen MR) is 150 cm³/mol. The maximum atomic E-state index is 12.3. The number of pyridine rings is 1. The predicted octanol–water partition coefficient (Wildman–Crippen LogP) is 5.68. The average molecular weight is 544 g/mol. The zero-order chi connectivity index (χ0) is 27.8. The van der Waals surface area contributed by atoms with Crippen molar-refractivity contribution in [3.63, 3.8) is 0 Å². The fourth-order valence-corrected chi connectivity index (χ4v) is 4.72. The summed E-state index contributed by atoms with van der Waals surface area (Å²) in [5.41, 5.74) is 6.08. The molecule has 3 heterocycles. The molecule has 9 nitrogen and oxygen atoms in total. The second kappa shape index (κ2) is 10.0. The molecular formula is C29H29N5O4S. The summed E-state index contributed by atoms with van der Waals surface area (Å²) in [6.45, 7) is 6.41. The van der Waals surface area contributed by atoms with Gasteiger partial charge in [0.15, 0.2) is 9.84 Å². The van der Waals surface area contributed by atoms with Crippen molar-refractivity contribution in [2.75, 3.05) is 11.6 Å². The van der Waals surface area contributed by atoms with E-state index in [0.29, 0.717) is 17.3 Å². The van der Waals surface area contributed by atoms with Crippen LogP contribution in [0.4, 0.5) is 10.7 Å². The number of imidazole rings is 1. The summed E-state index contributed by atoms with van der Waals surface area (Å²) in [7, 11) is -3.24. The van der Waals surface area contributed by atoms with Crippen molar-refractivity contribution in [3.8, 4) is 22.4 Å². The molecule has 0 fully saturated rings. The lowest BCUT2D eigenvalue weighted by atomic mass is 9.92. The molecule has 0 aliphatic rings. The van der Waals surface area contributed by atoms with E-state index in [1.54, 1.807) is 30.3 Å². The summed E-state index contributed by atoms with van der Waals surface area (Å²) in [5, 5.41) is 9.49. The van der Waals surface area contributed by atoms with Crippen LogP contribution in [0, 0.1) is 0 Å². The maximum absolute atomic E-state index is 12.3. The lowest BCUT2D eigenvalue weighted by Gasteiger charge is -2.12. The van der Waals surface area contributed by atoms with Gasteiger partial charge in [0.25, 0.3) is 0 Å². The standard InChI is InChI=1S/C29H29N5O4S/c1-29(2,3)25-16-27(38-33-25)32-28(35)31-17-19-5-7-21(8-6-19)24-18-30-26-15-22(13-14-34(24)26)20-9-11-23(12-10-20)39(4,36)37/h5-16,18H,17H2,1-4H3,(H2,31,32,35). The molecule has 0 atom stereocenters. The molecule has 0 saturated carbocycles. The summed E-state index contributed by atoms with van der Waals surface area (Å²) >= 11 is 0. The summed E-state index contributed by atoms with van der Waals surface area (Å²) in [6.07, 6.45) is 4.96. The molecule has 5 rings (SSSR count). The van der Waals surface area contributed by atoms with Crippen LogP contribution in [0.2, 0.25) is 0 Å². The number of amides is 2. The van der Waals surface area contributed by atoms with Crippen LogP contribution in [0.5, 0.6) is 0 Å². The smallest absolute Gasteiger partial charge is 0.321 e. The Morgan fingerprint density at radius 3 is 2.28 bits per heavy atom. The van der Waals surface area contributed by atoms with Crippen LogP contribution in [-0.2, 0) is 21.8 Å². The Labute approximate surface area is 226 Å². The second-order valence-corrected chi connectivity index (χ2v) is 12.4. The minimum atomic E-state index is -3.24. The first-order valence-corrected chi connectivity index (χ1v) is 14.3. The van der Waals surface area contributed by atoms with Gasteiger partial charge >= 0.3 is 6.03 Å². The number of hydrogen-bond donors (Lipinski definition) is 2. The molecule has 2 amide bonds. The molecule has 3 aromatic heterocycles. The maximum Gasteiger partial charge on any atom is 0.321 e. The van der Waals surface area contributed by atoms with E-state index in [9.17, 15) is 13.2 Å². The summed E-state index contributed by atoms with van der Waals surface area (Å²) in [5.74, 6) is 0.300. The van der Waals surface area contributed by atoms with E-state index < -0.39 is 9.84 Å². The normalized spacial score (nSPS) is 12.0. The Morgan fingerprint density at radius 2 is 1.64 bits per heavy atom. The molecule has 0 aliphatic carbocycles. The Kier molecular flexibility index (Phi) is 6.73. The molecule has 10 heteroatoms. The van der Waals surface area contributed by atoms with Crippen LogP contribution in [0.25, 0.3) is 28.0 Å². The molecule has 39 heavy (non-hydrogen) atoms. The monoisotopic (exact) mass is 543 g/mol. The van der Waals surface area contributed by atoms with Crippen molar-refractivity contribution in [2.45, 2.75) is 37.6 Å². The SMILES string of the molecule is CC(C)(C)c1cc(NC(=O)NCc2ccc(-c3cnc4cc(-c5ccc(S(C)(=O)=O)cc5)ccn34)cc2)on1. The van der Waals surface area contributed by atoms with Gasteiger partial charge in [0.2, 0.25) is 5.88 Å². The van der Waals surface area contributed by atoms with Crippen molar-refractivity contribution in [1.29, 1.82) is 0 Å². The number of hydrogen-bond acceptors (Lipinski definition) is 6. The highest BCUT2D eigenvalue weighted by molar-refractivity contribution is 7.90. The third-order valence-corrected chi connectivity index (χ3v) is 7.48. The molecule has 0 unspecified atom stereocenters. The number of nitrogens with zero attached hydrogens (tertiary/aromatic N) is 3. The molecular weight excluding hydrogens is 514 g/mol. The number of rotatable bonds is 6. The van der Waals surface area contributed by atoms with E-state index in [-0.39, 0.29) is 11.4 Å². The number of carbonyl (C=O) groups is 1. The average Bonchev–Trinajstić information content (AvgIpc) is 3.54. The van der Waals surface area contributed by atoms with Gasteiger partial charge in [-0.3, -0.25) is 9.72 Å². The number of aromatic nitrogens is 3. The number of nitrogens with one attached hydrogen (secondary N) is 2. The molecule has 2 N–H and O–H groups in total. The summed E-state index contributed by atoms with van der Waals surface area (Å²) in [4.78, 5) is 17.1. The number of carbonyl (C=O) groups excluding carboxylic acids is 1. The minimum Gasteiger partial charge on any atom is -0.338 e. The van der Waals surface area contributed by atoms with Crippen molar-refractivity contribution >= 4 is 27.4 Å². The number of sulfone groups is 1. The molecule has 0 radical (unpaired) electrons. The molecule has 5 aromatic rings. The molecule has 0 aliphatic heterocycles. The molecule has 200 valence electrons. The van der Waals surface area contributed by atoms with Gasteiger partial charge in [-0.1, -0.05) is 62.3 Å². The van der Waals surface area contributed by atoms with Gasteiger partial charge in [-0.25, -0.2) is 18.2 Å². The topological polar surface area (TPSA) is 119 Å². The van der Waals surface area contributed by atoms with Crippen LogP contribution in [0.15, 0.2) is 88.5 Å². The Balaban J connectivity index is 1.24. The first-order chi connectivity index (χ1) is 18.5. The van der Waals surface area contributed by atoms with Crippen LogP contribution in [-0.4, -0.2) is 35.2 Å². The quantitative estimate of drug-likeness (QED) is 0.284. The van der Waals surface area contributed by atoms with Crippen molar-refractivity contribution in [1.82, 2.24) is 19.9 Å². The largest absolute Gasteiger partial charge is 0.338 e. The summed E-state index contributed by atoms with van der Waals surface area (Å²) < 4.78 is 30.7. The van der Waals surface area contributed by atoms with Crippen LogP contribution >= 0.6 is 0 Å². The third kappa shape index (κ3) is 5.85.